The highest BCUT2D eigenvalue weighted by Crippen LogP contribution is 2.41. The lowest BCUT2D eigenvalue weighted by Gasteiger charge is -2.44. The molecule has 21 heavy (non-hydrogen) atoms. The summed E-state index contributed by atoms with van der Waals surface area (Å²) < 4.78 is 25.9. The van der Waals surface area contributed by atoms with Crippen molar-refractivity contribution in [2.24, 2.45) is 5.92 Å². The van der Waals surface area contributed by atoms with Crippen molar-refractivity contribution < 1.29 is 23.1 Å². The lowest BCUT2D eigenvalue weighted by atomic mass is 9.81. The van der Waals surface area contributed by atoms with Crippen LogP contribution in [0.1, 0.15) is 27.2 Å². The molecule has 0 radical (unpaired) electrons. The maximum Gasteiger partial charge on any atom is 0.407 e. The second kappa shape index (κ2) is 5.35. The monoisotopic (exact) mass is 317 g/mol. The van der Waals surface area contributed by atoms with E-state index in [9.17, 15) is 14.0 Å². The first kappa shape index (κ1) is 16.4. The van der Waals surface area contributed by atoms with Crippen molar-refractivity contribution >= 4 is 20.7 Å². The maximum absolute atomic E-state index is 14.8. The average Bonchev–Trinajstić information content (AvgIpc) is 2.72. The van der Waals surface area contributed by atoms with Crippen LogP contribution in [0.4, 0.5) is 9.18 Å². The summed E-state index contributed by atoms with van der Waals surface area (Å²) >= 11 is 0. The molecule has 0 aromatic heterocycles. The molecule has 1 saturated heterocycles. The van der Waals surface area contributed by atoms with Crippen LogP contribution in [0, 0.1) is 5.92 Å². The van der Waals surface area contributed by atoms with Crippen LogP contribution in [-0.4, -0.2) is 45.1 Å². The van der Waals surface area contributed by atoms with Gasteiger partial charge in [-0.1, -0.05) is 20.8 Å². The van der Waals surface area contributed by atoms with Crippen molar-refractivity contribution in [3.8, 4) is 0 Å². The van der Waals surface area contributed by atoms with Gasteiger partial charge in [-0.3, -0.25) is 0 Å². The van der Waals surface area contributed by atoms with Gasteiger partial charge in [-0.25, -0.2) is 9.18 Å². The van der Waals surface area contributed by atoms with E-state index in [0.717, 1.165) is 6.29 Å². The molecular weight excluding hydrogens is 293 g/mol. The van der Waals surface area contributed by atoms with Gasteiger partial charge >= 0.3 is 6.09 Å². The first-order valence-electron chi connectivity index (χ1n) is 7.31. The highest BCUT2D eigenvalue weighted by molar-refractivity contribution is 6.74. The number of ether oxygens (including phenoxy) is 1. The number of carbonyl (C=O) groups is 2. The lowest BCUT2D eigenvalue weighted by Crippen LogP contribution is -2.58. The van der Waals surface area contributed by atoms with E-state index < -0.39 is 44.7 Å². The van der Waals surface area contributed by atoms with Gasteiger partial charge in [0.15, 0.2) is 8.32 Å². The van der Waals surface area contributed by atoms with Gasteiger partial charge in [0, 0.05) is 5.92 Å². The van der Waals surface area contributed by atoms with Crippen LogP contribution >= 0.6 is 0 Å². The second-order valence-corrected chi connectivity index (χ2v) is 12.2. The quantitative estimate of drug-likeness (QED) is 0.641. The molecule has 2 aliphatic rings. The van der Waals surface area contributed by atoms with Crippen molar-refractivity contribution in [3.05, 3.63) is 0 Å². The molecule has 5 atom stereocenters. The normalized spacial score (nSPS) is 36.7. The Morgan fingerprint density at radius 2 is 2.05 bits per heavy atom. The molecule has 0 aromatic carbocycles. The Balaban J connectivity index is 2.21. The molecule has 1 heterocycles. The Labute approximate surface area is 125 Å². The van der Waals surface area contributed by atoms with Gasteiger partial charge in [0.25, 0.3) is 0 Å². The van der Waals surface area contributed by atoms with Crippen LogP contribution < -0.4 is 5.32 Å². The Morgan fingerprint density at radius 3 is 2.57 bits per heavy atom. The van der Waals surface area contributed by atoms with Crippen molar-refractivity contribution in [2.75, 3.05) is 0 Å². The Kier molecular flexibility index (Phi) is 4.18. The van der Waals surface area contributed by atoms with Gasteiger partial charge in [-0.05, 0) is 24.6 Å². The minimum Gasteiger partial charge on any atom is -0.444 e. The summed E-state index contributed by atoms with van der Waals surface area (Å²) in [5, 5.41) is 2.41. The SMILES string of the molecule is CC(C)(C)[Si](C)(C)O[C@H]1[C@@H](F)[C@H]2NC(=O)O[C@H]2C[C@@H]1C=O. The van der Waals surface area contributed by atoms with E-state index in [1.807, 2.05) is 13.1 Å². The molecule has 0 aromatic rings. The van der Waals surface area contributed by atoms with Gasteiger partial charge in [-0.15, -0.1) is 0 Å². The van der Waals surface area contributed by atoms with Crippen LogP contribution in [-0.2, 0) is 14.0 Å². The smallest absolute Gasteiger partial charge is 0.407 e. The van der Waals surface area contributed by atoms with Crippen LogP contribution in [0.25, 0.3) is 0 Å². The van der Waals surface area contributed by atoms with E-state index >= 15 is 0 Å². The van der Waals surface area contributed by atoms with E-state index in [1.54, 1.807) is 0 Å². The van der Waals surface area contributed by atoms with Gasteiger partial charge in [0.1, 0.15) is 24.6 Å². The molecule has 2 fully saturated rings. The third-order valence-electron chi connectivity index (χ3n) is 4.94. The number of halogens is 1. The molecule has 120 valence electrons. The fraction of sp³-hybridized carbons (Fsp3) is 0.857. The van der Waals surface area contributed by atoms with Crippen molar-refractivity contribution in [3.63, 3.8) is 0 Å². The summed E-state index contributed by atoms with van der Waals surface area (Å²) in [6.07, 6.45) is -2.40. The van der Waals surface area contributed by atoms with E-state index in [1.165, 1.54) is 0 Å². The fourth-order valence-electron chi connectivity index (χ4n) is 2.60. The van der Waals surface area contributed by atoms with Crippen molar-refractivity contribution in [2.45, 2.75) is 69.7 Å². The topological polar surface area (TPSA) is 64.6 Å². The van der Waals surface area contributed by atoms with E-state index in [0.29, 0.717) is 6.42 Å². The molecular formula is C14H24FNO4Si. The molecule has 1 aliphatic heterocycles. The number of hydrogen-bond donors (Lipinski definition) is 1. The maximum atomic E-state index is 14.8. The number of alkyl carbamates (subject to hydrolysis) is 1. The third-order valence-corrected chi connectivity index (χ3v) is 9.41. The molecule has 7 heteroatoms. The highest BCUT2D eigenvalue weighted by Gasteiger charge is 2.53. The fourth-order valence-corrected chi connectivity index (χ4v) is 3.94. The molecule has 0 spiro atoms. The number of hydrogen-bond acceptors (Lipinski definition) is 4. The molecule has 0 unspecified atom stereocenters. The summed E-state index contributed by atoms with van der Waals surface area (Å²) in [4.78, 5) is 22.6. The molecule has 1 amide bonds. The lowest BCUT2D eigenvalue weighted by molar-refractivity contribution is -0.121. The minimum atomic E-state index is -2.21. The number of aldehydes is 1. The van der Waals surface area contributed by atoms with Crippen LogP contribution in [0.15, 0.2) is 0 Å². The van der Waals surface area contributed by atoms with Gasteiger partial charge < -0.3 is 19.3 Å². The molecule has 1 N–H and O–H groups in total. The zero-order chi connectivity index (χ0) is 16.0. The summed E-state index contributed by atoms with van der Waals surface area (Å²) in [6.45, 7) is 10.2. The average molecular weight is 317 g/mol. The van der Waals surface area contributed by atoms with Crippen LogP contribution in [0.2, 0.25) is 18.1 Å². The Morgan fingerprint density at radius 1 is 1.43 bits per heavy atom. The number of amides is 1. The Bertz CT molecular complexity index is 437. The molecule has 1 saturated carbocycles. The number of fused-ring (bicyclic) bond motifs is 1. The van der Waals surface area contributed by atoms with Crippen LogP contribution in [0.5, 0.6) is 0 Å². The number of alkyl halides is 1. The molecule has 2 rings (SSSR count). The summed E-state index contributed by atoms with van der Waals surface area (Å²) in [5.41, 5.74) is 0. The first-order valence-corrected chi connectivity index (χ1v) is 10.2. The Hall–Kier alpha value is -0.953. The van der Waals surface area contributed by atoms with E-state index in [4.69, 9.17) is 9.16 Å². The second-order valence-electron chi connectivity index (χ2n) is 7.44. The third kappa shape index (κ3) is 2.99. The molecule has 0 bridgehead atoms. The van der Waals surface area contributed by atoms with Crippen molar-refractivity contribution in [1.29, 1.82) is 0 Å². The van der Waals surface area contributed by atoms with Crippen molar-refractivity contribution in [1.82, 2.24) is 5.32 Å². The molecule has 1 aliphatic carbocycles. The number of rotatable bonds is 3. The van der Waals surface area contributed by atoms with E-state index in [2.05, 4.69) is 26.1 Å². The zero-order valence-electron chi connectivity index (χ0n) is 13.2. The van der Waals surface area contributed by atoms with Crippen LogP contribution in [0.3, 0.4) is 0 Å². The predicted molar refractivity (Wildman–Crippen MR) is 78.3 cm³/mol. The van der Waals surface area contributed by atoms with E-state index in [-0.39, 0.29) is 5.04 Å². The highest BCUT2D eigenvalue weighted by atomic mass is 28.4. The van der Waals surface area contributed by atoms with Gasteiger partial charge in [0.2, 0.25) is 0 Å². The summed E-state index contributed by atoms with van der Waals surface area (Å²) in [6, 6.07) is -0.719. The summed E-state index contributed by atoms with van der Waals surface area (Å²) in [5.74, 6) is -0.580. The minimum absolute atomic E-state index is 0.0770. The first-order chi connectivity index (χ1) is 9.56. The van der Waals surface area contributed by atoms with Gasteiger partial charge in [-0.2, -0.15) is 0 Å². The molecule has 5 nitrogen and oxygen atoms in total. The standard InChI is InChI=1S/C14H24FNO4Si/c1-14(2,3)21(4,5)20-12-8(7-17)6-9-11(10(12)15)16-13(18)19-9/h7-12H,6H2,1-5H3,(H,16,18)/t8-,9+,10+,11+,12-/m1/s1. The number of carbonyl (C=O) groups excluding carboxylic acids is 2. The summed E-state index contributed by atoms with van der Waals surface area (Å²) in [7, 11) is -2.21. The predicted octanol–water partition coefficient (Wildman–Crippen LogP) is 2.41. The largest absolute Gasteiger partial charge is 0.444 e. The number of nitrogens with one attached hydrogen (secondary N) is 1. The zero-order valence-corrected chi connectivity index (χ0v) is 14.2. The van der Waals surface area contributed by atoms with Gasteiger partial charge in [0.05, 0.1) is 6.10 Å².